The summed E-state index contributed by atoms with van der Waals surface area (Å²) in [5.41, 5.74) is 7.18. The van der Waals surface area contributed by atoms with Gasteiger partial charge in [-0.2, -0.15) is 0 Å². The molecule has 1 aromatic carbocycles. The molecule has 0 fully saturated rings. The molecule has 18 heavy (non-hydrogen) atoms. The number of rotatable bonds is 3. The molecule has 0 aliphatic rings. The van der Waals surface area contributed by atoms with Crippen molar-refractivity contribution in [3.63, 3.8) is 0 Å². The molecule has 2 rings (SSSR count). The van der Waals surface area contributed by atoms with Crippen LogP contribution in [-0.4, -0.2) is 21.0 Å². The number of aromatic nitrogens is 2. The number of benzene rings is 1. The van der Waals surface area contributed by atoms with Gasteiger partial charge in [-0.05, 0) is 36.4 Å². The molecule has 0 aliphatic carbocycles. The van der Waals surface area contributed by atoms with Crippen LogP contribution in [0.15, 0.2) is 51.9 Å². The third kappa shape index (κ3) is 2.98. The van der Waals surface area contributed by atoms with E-state index in [1.807, 2.05) is 19.1 Å². The highest BCUT2D eigenvalue weighted by atomic mass is 32.2. The van der Waals surface area contributed by atoms with Crippen LogP contribution in [0.25, 0.3) is 0 Å². The van der Waals surface area contributed by atoms with Crippen molar-refractivity contribution in [1.29, 1.82) is 0 Å². The van der Waals surface area contributed by atoms with Gasteiger partial charge in [0.05, 0.1) is 0 Å². The Bertz CT molecular complexity index is 551. The smallest absolute Gasteiger partial charge is 0.192 e. The van der Waals surface area contributed by atoms with Crippen molar-refractivity contribution in [2.75, 3.05) is 0 Å². The molecule has 1 aromatic heterocycles. The highest BCUT2D eigenvalue weighted by molar-refractivity contribution is 7.99. The van der Waals surface area contributed by atoms with Crippen LogP contribution >= 0.6 is 11.8 Å². The summed E-state index contributed by atoms with van der Waals surface area (Å²) in [6, 6.07) is 7.32. The van der Waals surface area contributed by atoms with Gasteiger partial charge in [-0.25, -0.2) is 9.97 Å². The van der Waals surface area contributed by atoms with Gasteiger partial charge < -0.3 is 10.9 Å². The van der Waals surface area contributed by atoms with Crippen LogP contribution in [0.3, 0.4) is 0 Å². The third-order valence-corrected chi connectivity index (χ3v) is 3.13. The molecule has 1 heterocycles. The summed E-state index contributed by atoms with van der Waals surface area (Å²) in [5.74, 6) is 0.0955. The molecule has 92 valence electrons. The predicted molar refractivity (Wildman–Crippen MR) is 69.8 cm³/mol. The summed E-state index contributed by atoms with van der Waals surface area (Å²) < 4.78 is 0. The molecule has 0 saturated carbocycles. The fraction of sp³-hybridized carbons (Fsp3) is 0.0833. The zero-order valence-corrected chi connectivity index (χ0v) is 10.6. The Balaban J connectivity index is 2.13. The Morgan fingerprint density at radius 1 is 1.22 bits per heavy atom. The maximum Gasteiger partial charge on any atom is 0.192 e. The van der Waals surface area contributed by atoms with Crippen molar-refractivity contribution in [2.45, 2.75) is 17.0 Å². The van der Waals surface area contributed by atoms with Gasteiger partial charge in [-0.15, -0.1) is 0 Å². The fourth-order valence-electron chi connectivity index (χ4n) is 1.29. The molecule has 0 atom stereocenters. The molecule has 0 bridgehead atoms. The fourth-order valence-corrected chi connectivity index (χ4v) is 1.98. The lowest BCUT2D eigenvalue weighted by atomic mass is 10.2. The Kier molecular flexibility index (Phi) is 3.78. The zero-order chi connectivity index (χ0) is 13.0. The van der Waals surface area contributed by atoms with Crippen LogP contribution in [-0.2, 0) is 0 Å². The molecule has 0 unspecified atom stereocenters. The summed E-state index contributed by atoms with van der Waals surface area (Å²) in [4.78, 5) is 9.42. The first-order valence-electron chi connectivity index (χ1n) is 5.23. The minimum atomic E-state index is 0.0955. The van der Waals surface area contributed by atoms with Crippen LogP contribution in [0.1, 0.15) is 11.1 Å². The van der Waals surface area contributed by atoms with E-state index in [0.717, 1.165) is 10.5 Å². The Morgan fingerprint density at radius 3 is 2.39 bits per heavy atom. The molecular formula is C12H12N4OS. The minimum absolute atomic E-state index is 0.0955. The van der Waals surface area contributed by atoms with Crippen molar-refractivity contribution in [1.82, 2.24) is 9.97 Å². The van der Waals surface area contributed by atoms with Crippen molar-refractivity contribution in [3.8, 4) is 0 Å². The van der Waals surface area contributed by atoms with Gasteiger partial charge in [0.1, 0.15) is 0 Å². The molecule has 0 saturated heterocycles. The van der Waals surface area contributed by atoms with Crippen molar-refractivity contribution >= 4 is 17.6 Å². The molecule has 3 N–H and O–H groups in total. The van der Waals surface area contributed by atoms with E-state index in [1.165, 1.54) is 11.8 Å². The van der Waals surface area contributed by atoms with Crippen LogP contribution in [0.2, 0.25) is 0 Å². The number of hydrogen-bond acceptors (Lipinski definition) is 5. The quantitative estimate of drug-likeness (QED) is 0.290. The second-order valence-corrected chi connectivity index (χ2v) is 4.70. The number of amidine groups is 1. The van der Waals surface area contributed by atoms with E-state index in [4.69, 9.17) is 10.9 Å². The minimum Gasteiger partial charge on any atom is -0.409 e. The van der Waals surface area contributed by atoms with Crippen LogP contribution in [0.5, 0.6) is 0 Å². The van der Waals surface area contributed by atoms with Gasteiger partial charge in [-0.3, -0.25) is 0 Å². The lowest BCUT2D eigenvalue weighted by molar-refractivity contribution is 0.318. The molecule has 6 heteroatoms. The normalized spacial score (nSPS) is 11.5. The predicted octanol–water partition coefficient (Wildman–Crippen LogP) is 2.03. The maximum atomic E-state index is 8.56. The van der Waals surface area contributed by atoms with Crippen LogP contribution in [0.4, 0.5) is 0 Å². The van der Waals surface area contributed by atoms with E-state index in [0.29, 0.717) is 10.7 Å². The molecule has 0 radical (unpaired) electrons. The molecular weight excluding hydrogens is 248 g/mol. The highest BCUT2D eigenvalue weighted by Gasteiger charge is 2.02. The van der Waals surface area contributed by atoms with Crippen molar-refractivity contribution in [2.24, 2.45) is 10.9 Å². The Morgan fingerprint density at radius 2 is 1.83 bits per heavy atom. The van der Waals surface area contributed by atoms with Crippen molar-refractivity contribution < 1.29 is 5.21 Å². The summed E-state index contributed by atoms with van der Waals surface area (Å²) in [7, 11) is 0. The molecule has 0 spiro atoms. The summed E-state index contributed by atoms with van der Waals surface area (Å²) in [6.45, 7) is 1.94. The van der Waals surface area contributed by atoms with Gasteiger partial charge in [0, 0.05) is 22.9 Å². The summed E-state index contributed by atoms with van der Waals surface area (Å²) in [6.07, 6.45) is 3.56. The van der Waals surface area contributed by atoms with Crippen LogP contribution in [0, 0.1) is 6.92 Å². The lowest BCUT2D eigenvalue weighted by Gasteiger charge is -2.02. The lowest BCUT2D eigenvalue weighted by Crippen LogP contribution is -2.12. The van der Waals surface area contributed by atoms with E-state index in [-0.39, 0.29) is 5.84 Å². The molecule has 0 amide bonds. The Hall–Kier alpha value is -2.08. The van der Waals surface area contributed by atoms with E-state index < -0.39 is 0 Å². The van der Waals surface area contributed by atoms with Gasteiger partial charge in [-0.1, -0.05) is 17.3 Å². The third-order valence-electron chi connectivity index (χ3n) is 2.22. The Labute approximate surface area is 109 Å². The second kappa shape index (κ2) is 5.50. The monoisotopic (exact) mass is 260 g/mol. The number of aryl methyl sites for hydroxylation is 1. The first-order chi connectivity index (χ1) is 8.69. The molecule has 0 aliphatic heterocycles. The topological polar surface area (TPSA) is 84.4 Å². The van der Waals surface area contributed by atoms with Crippen molar-refractivity contribution in [3.05, 3.63) is 47.8 Å². The largest absolute Gasteiger partial charge is 0.409 e. The van der Waals surface area contributed by atoms with Crippen LogP contribution < -0.4 is 5.73 Å². The summed E-state index contributed by atoms with van der Waals surface area (Å²) in [5, 5.41) is 12.2. The standard InChI is InChI=1S/C12H12N4OS/c1-8-6-14-12(15-7-8)18-10-4-2-9(3-5-10)11(13)16-17/h2-7,17H,1H3,(H2,13,16). The van der Waals surface area contributed by atoms with Gasteiger partial charge in [0.25, 0.3) is 0 Å². The first kappa shape index (κ1) is 12.4. The SMILES string of the molecule is Cc1cnc(Sc2ccc(/C(N)=N/O)cc2)nc1. The average Bonchev–Trinajstić information content (AvgIpc) is 2.41. The number of nitrogens with two attached hydrogens (primary N) is 1. The number of oxime groups is 1. The van der Waals surface area contributed by atoms with Gasteiger partial charge in [0.15, 0.2) is 11.0 Å². The van der Waals surface area contributed by atoms with Gasteiger partial charge in [0.2, 0.25) is 0 Å². The second-order valence-electron chi connectivity index (χ2n) is 3.65. The molecule has 5 nitrogen and oxygen atoms in total. The highest BCUT2D eigenvalue weighted by Crippen LogP contribution is 2.24. The van der Waals surface area contributed by atoms with E-state index in [9.17, 15) is 0 Å². The van der Waals surface area contributed by atoms with E-state index in [2.05, 4.69) is 15.1 Å². The van der Waals surface area contributed by atoms with E-state index >= 15 is 0 Å². The number of hydrogen-bond donors (Lipinski definition) is 2. The first-order valence-corrected chi connectivity index (χ1v) is 6.05. The number of nitrogens with zero attached hydrogens (tertiary/aromatic N) is 3. The van der Waals surface area contributed by atoms with Gasteiger partial charge >= 0.3 is 0 Å². The maximum absolute atomic E-state index is 8.56. The summed E-state index contributed by atoms with van der Waals surface area (Å²) >= 11 is 1.46. The molecule has 2 aromatic rings. The zero-order valence-electron chi connectivity index (χ0n) is 9.74. The average molecular weight is 260 g/mol. The van der Waals surface area contributed by atoms with E-state index in [1.54, 1.807) is 24.5 Å².